The van der Waals surface area contributed by atoms with Gasteiger partial charge >= 0.3 is 5.97 Å². The minimum atomic E-state index is -0.516. The van der Waals surface area contributed by atoms with E-state index >= 15 is 0 Å². The number of β-lactam (4-membered cyclic amide) rings is 1. The average molecular weight is 297 g/mol. The number of ketones is 1. The highest BCUT2D eigenvalue weighted by atomic mass is 32.2. The Hall–Kier alpha value is -1.04. The van der Waals surface area contributed by atoms with Gasteiger partial charge in [0.15, 0.2) is 5.78 Å². The fraction of sp³-hybridized carbons (Fsp3) is 0.786. The normalized spacial score (nSPS) is 33.5. The maximum absolute atomic E-state index is 12.5. The molecule has 6 heteroatoms. The van der Waals surface area contributed by atoms with Gasteiger partial charge in [-0.2, -0.15) is 0 Å². The van der Waals surface area contributed by atoms with Crippen molar-refractivity contribution in [3.8, 4) is 0 Å². The van der Waals surface area contributed by atoms with Crippen molar-refractivity contribution in [1.29, 1.82) is 0 Å². The van der Waals surface area contributed by atoms with Gasteiger partial charge in [-0.3, -0.25) is 9.59 Å². The smallest absolute Gasteiger partial charge is 0.329 e. The molecular formula is C14H19NO4S. The summed E-state index contributed by atoms with van der Waals surface area (Å²) in [6, 6.07) is -0.502. The van der Waals surface area contributed by atoms with Gasteiger partial charge in [-0.05, 0) is 12.8 Å². The lowest BCUT2D eigenvalue weighted by atomic mass is 9.78. The average Bonchev–Trinajstić information content (AvgIpc) is 2.86. The molecule has 2 heterocycles. The molecule has 1 aliphatic carbocycles. The van der Waals surface area contributed by atoms with Gasteiger partial charge < -0.3 is 9.64 Å². The van der Waals surface area contributed by atoms with Crippen LogP contribution in [0.5, 0.6) is 0 Å². The number of fused-ring (bicyclic) bond motifs is 1. The Morgan fingerprint density at radius 1 is 1.25 bits per heavy atom. The van der Waals surface area contributed by atoms with E-state index in [1.54, 1.807) is 4.90 Å². The predicted molar refractivity (Wildman–Crippen MR) is 74.0 cm³/mol. The number of carbonyl (C=O) groups excluding carboxylic acids is 3. The van der Waals surface area contributed by atoms with Crippen LogP contribution in [0.15, 0.2) is 0 Å². The maximum Gasteiger partial charge on any atom is 0.329 e. The molecule has 110 valence electrons. The molecule has 5 nitrogen and oxygen atoms in total. The minimum Gasteiger partial charge on any atom is -0.467 e. The molecule has 2 saturated heterocycles. The number of thioether (sulfide) groups is 1. The lowest BCUT2D eigenvalue weighted by molar-refractivity contribution is -0.166. The Balaban J connectivity index is 1.68. The predicted octanol–water partition coefficient (Wildman–Crippen LogP) is 1.21. The van der Waals surface area contributed by atoms with E-state index in [1.807, 2.05) is 0 Å². The summed E-state index contributed by atoms with van der Waals surface area (Å²) in [6.45, 7) is 0. The van der Waals surface area contributed by atoms with Crippen molar-refractivity contribution in [3.05, 3.63) is 0 Å². The second-order valence-electron chi connectivity index (χ2n) is 5.72. The summed E-state index contributed by atoms with van der Waals surface area (Å²) < 4.78 is 4.72. The molecule has 2 aliphatic heterocycles. The van der Waals surface area contributed by atoms with Crippen LogP contribution in [0.4, 0.5) is 0 Å². The molecule has 3 aliphatic rings. The van der Waals surface area contributed by atoms with E-state index < -0.39 is 12.0 Å². The molecule has 0 unspecified atom stereocenters. The minimum absolute atomic E-state index is 0.0534. The standard InChI is InChI=1S/C14H19NO4S/c1-19-14(18)9-7-20-13-10(12(17)15(9)13)11(16)8-5-3-2-4-6-8/h8-10,13H,2-7H2,1H3/t9-,10+,13-/m0/s1. The molecule has 1 saturated carbocycles. The second kappa shape index (κ2) is 5.39. The van der Waals surface area contributed by atoms with Gasteiger partial charge in [-0.15, -0.1) is 11.8 Å². The van der Waals surface area contributed by atoms with E-state index in [2.05, 4.69) is 0 Å². The van der Waals surface area contributed by atoms with E-state index in [0.29, 0.717) is 5.75 Å². The SMILES string of the molecule is COC(=O)[C@@H]1CS[C@H]2[C@H](C(=O)C3CCCCC3)C(=O)N12. The van der Waals surface area contributed by atoms with Crippen LogP contribution in [0.3, 0.4) is 0 Å². The van der Waals surface area contributed by atoms with E-state index in [1.165, 1.54) is 25.3 Å². The number of esters is 1. The van der Waals surface area contributed by atoms with Crippen molar-refractivity contribution in [2.75, 3.05) is 12.9 Å². The zero-order chi connectivity index (χ0) is 14.3. The topological polar surface area (TPSA) is 63.7 Å². The number of amides is 1. The number of hydrogen-bond donors (Lipinski definition) is 0. The van der Waals surface area contributed by atoms with Crippen LogP contribution in [0.25, 0.3) is 0 Å². The van der Waals surface area contributed by atoms with E-state index in [4.69, 9.17) is 4.74 Å². The highest BCUT2D eigenvalue weighted by molar-refractivity contribution is 8.00. The van der Waals surface area contributed by atoms with Crippen LogP contribution >= 0.6 is 11.8 Å². The Bertz CT molecular complexity index is 446. The summed E-state index contributed by atoms with van der Waals surface area (Å²) in [5.41, 5.74) is 0. The zero-order valence-corrected chi connectivity index (χ0v) is 12.4. The molecule has 20 heavy (non-hydrogen) atoms. The van der Waals surface area contributed by atoms with Gasteiger partial charge in [0, 0.05) is 11.7 Å². The summed E-state index contributed by atoms with van der Waals surface area (Å²) in [4.78, 5) is 37.9. The van der Waals surface area contributed by atoms with Gasteiger partial charge in [-0.25, -0.2) is 4.79 Å². The van der Waals surface area contributed by atoms with Crippen LogP contribution in [-0.4, -0.2) is 46.8 Å². The number of ether oxygens (including phenoxy) is 1. The molecule has 0 aromatic rings. The molecule has 3 fully saturated rings. The lowest BCUT2D eigenvalue weighted by Crippen LogP contribution is -2.64. The van der Waals surface area contributed by atoms with Crippen molar-refractivity contribution in [1.82, 2.24) is 4.90 Å². The number of Topliss-reactive ketones (excluding diaryl/α,β-unsaturated/α-hetero) is 1. The third-order valence-electron chi connectivity index (χ3n) is 4.63. The molecule has 3 rings (SSSR count). The van der Waals surface area contributed by atoms with Crippen LogP contribution in [-0.2, 0) is 19.1 Å². The van der Waals surface area contributed by atoms with Crippen LogP contribution in [0.2, 0.25) is 0 Å². The van der Waals surface area contributed by atoms with Crippen molar-refractivity contribution < 1.29 is 19.1 Å². The monoisotopic (exact) mass is 297 g/mol. The molecule has 1 amide bonds. The van der Waals surface area contributed by atoms with Crippen LogP contribution in [0, 0.1) is 11.8 Å². The molecule has 0 spiro atoms. The Kier molecular flexibility index (Phi) is 3.75. The Morgan fingerprint density at radius 3 is 2.60 bits per heavy atom. The van der Waals surface area contributed by atoms with Crippen LogP contribution < -0.4 is 0 Å². The first-order valence-corrected chi connectivity index (χ1v) is 8.25. The third-order valence-corrected chi connectivity index (χ3v) is 5.98. The number of hydrogen-bond acceptors (Lipinski definition) is 5. The molecule has 0 bridgehead atoms. The first-order chi connectivity index (χ1) is 9.65. The summed E-state index contributed by atoms with van der Waals surface area (Å²) in [5.74, 6) is -0.371. The van der Waals surface area contributed by atoms with E-state index in [-0.39, 0.29) is 29.0 Å². The molecule has 3 atom stereocenters. The number of rotatable bonds is 3. The summed E-state index contributed by atoms with van der Waals surface area (Å²) >= 11 is 1.53. The maximum atomic E-state index is 12.5. The quantitative estimate of drug-likeness (QED) is 0.445. The number of nitrogens with zero attached hydrogens (tertiary/aromatic N) is 1. The summed E-state index contributed by atoms with van der Waals surface area (Å²) in [6.07, 6.45) is 5.20. The zero-order valence-electron chi connectivity index (χ0n) is 11.5. The van der Waals surface area contributed by atoms with Crippen molar-refractivity contribution in [2.24, 2.45) is 11.8 Å². The van der Waals surface area contributed by atoms with Gasteiger partial charge in [0.05, 0.1) is 12.5 Å². The number of methoxy groups -OCH3 is 1. The van der Waals surface area contributed by atoms with Crippen molar-refractivity contribution in [2.45, 2.75) is 43.5 Å². The Morgan fingerprint density at radius 2 is 1.95 bits per heavy atom. The summed E-state index contributed by atoms with van der Waals surface area (Å²) in [5, 5.41) is -0.138. The molecule has 0 radical (unpaired) electrons. The second-order valence-corrected chi connectivity index (χ2v) is 6.87. The Labute approximate surface area is 122 Å². The van der Waals surface area contributed by atoms with E-state index in [0.717, 1.165) is 25.7 Å². The first kappa shape index (κ1) is 13.9. The fourth-order valence-electron chi connectivity index (χ4n) is 3.48. The lowest BCUT2D eigenvalue weighted by Gasteiger charge is -2.44. The van der Waals surface area contributed by atoms with Crippen molar-refractivity contribution >= 4 is 29.4 Å². The van der Waals surface area contributed by atoms with Gasteiger partial charge in [0.25, 0.3) is 0 Å². The molecule has 0 aromatic carbocycles. The molecule has 0 aromatic heterocycles. The van der Waals surface area contributed by atoms with E-state index in [9.17, 15) is 14.4 Å². The van der Waals surface area contributed by atoms with Crippen molar-refractivity contribution in [3.63, 3.8) is 0 Å². The number of carbonyl (C=O) groups is 3. The highest BCUT2D eigenvalue weighted by Gasteiger charge is 2.60. The van der Waals surface area contributed by atoms with Gasteiger partial charge in [-0.1, -0.05) is 19.3 Å². The largest absolute Gasteiger partial charge is 0.467 e. The van der Waals surface area contributed by atoms with Crippen LogP contribution in [0.1, 0.15) is 32.1 Å². The summed E-state index contributed by atoms with van der Waals surface area (Å²) in [7, 11) is 1.33. The molecule has 0 N–H and O–H groups in total. The first-order valence-electron chi connectivity index (χ1n) is 7.20. The molecular weight excluding hydrogens is 278 g/mol. The van der Waals surface area contributed by atoms with Gasteiger partial charge in [0.1, 0.15) is 12.0 Å². The van der Waals surface area contributed by atoms with Gasteiger partial charge in [0.2, 0.25) is 5.91 Å². The fourth-order valence-corrected chi connectivity index (χ4v) is 5.02. The third kappa shape index (κ3) is 2.05. The highest BCUT2D eigenvalue weighted by Crippen LogP contribution is 2.46.